The summed E-state index contributed by atoms with van der Waals surface area (Å²) in [6.45, 7) is 0. The van der Waals surface area contributed by atoms with E-state index in [0.717, 1.165) is 4.90 Å². The Morgan fingerprint density at radius 2 is 2.13 bits per heavy atom. The fraction of sp³-hybridized carbons (Fsp3) is 0.133. The van der Waals surface area contributed by atoms with Crippen molar-refractivity contribution < 1.29 is 9.59 Å². The average molecular weight is 350 g/mol. The number of fused-ring (bicyclic) bond motifs is 1. The minimum absolute atomic E-state index is 0.0348. The van der Waals surface area contributed by atoms with Crippen LogP contribution in [0, 0.1) is 0 Å². The molecule has 23 heavy (non-hydrogen) atoms. The first kappa shape index (κ1) is 15.6. The molecule has 118 valence electrons. The van der Waals surface area contributed by atoms with Gasteiger partial charge in [0.2, 0.25) is 17.2 Å². The molecule has 1 aromatic carbocycles. The smallest absolute Gasteiger partial charge is 0.238 e. The normalized spacial score (nSPS) is 16.4. The third-order valence-electron chi connectivity index (χ3n) is 3.23. The number of hydrogen-bond acceptors (Lipinski definition) is 4. The highest BCUT2D eigenvalue weighted by Crippen LogP contribution is 2.38. The molecule has 0 fully saturated rings. The first-order valence-electron chi connectivity index (χ1n) is 6.77. The van der Waals surface area contributed by atoms with Gasteiger partial charge in [0.15, 0.2) is 0 Å². The summed E-state index contributed by atoms with van der Waals surface area (Å²) in [6.07, 6.45) is 2.85. The molecule has 0 bridgehead atoms. The molecule has 1 aliphatic heterocycles. The number of halogens is 1. The zero-order chi connectivity index (χ0) is 16.4. The van der Waals surface area contributed by atoms with E-state index < -0.39 is 11.2 Å². The molecule has 1 aliphatic rings. The maximum absolute atomic E-state index is 12.1. The summed E-state index contributed by atoms with van der Waals surface area (Å²) in [6, 6.07) is 6.51. The fourth-order valence-electron chi connectivity index (χ4n) is 2.14. The molecule has 0 spiro atoms. The number of hydrogen-bond donors (Lipinski definition) is 3. The van der Waals surface area contributed by atoms with Crippen LogP contribution in [0.4, 0.5) is 11.4 Å². The third-order valence-corrected chi connectivity index (χ3v) is 4.74. The summed E-state index contributed by atoms with van der Waals surface area (Å²) in [5, 5.41) is 5.22. The maximum Gasteiger partial charge on any atom is 0.238 e. The van der Waals surface area contributed by atoms with E-state index in [-0.39, 0.29) is 23.4 Å². The summed E-state index contributed by atoms with van der Waals surface area (Å²) < 4.78 is 0. The van der Waals surface area contributed by atoms with Crippen LogP contribution in [0.25, 0.3) is 0 Å². The van der Waals surface area contributed by atoms with Crippen molar-refractivity contribution >= 4 is 46.6 Å². The minimum Gasteiger partial charge on any atom is -0.366 e. The second-order valence-electron chi connectivity index (χ2n) is 4.91. The quantitative estimate of drug-likeness (QED) is 0.793. The van der Waals surface area contributed by atoms with Crippen LogP contribution in [0.1, 0.15) is 6.42 Å². The van der Waals surface area contributed by atoms with Gasteiger partial charge in [0.05, 0.1) is 10.9 Å². The van der Waals surface area contributed by atoms with Crippen LogP contribution >= 0.6 is 23.4 Å². The molecule has 0 unspecified atom stereocenters. The first-order valence-corrected chi connectivity index (χ1v) is 8.03. The lowest BCUT2D eigenvalue weighted by atomic mass is 10.2. The highest BCUT2D eigenvalue weighted by Gasteiger charge is 2.29. The molecule has 2 amide bonds. The number of amides is 2. The summed E-state index contributed by atoms with van der Waals surface area (Å²) in [7, 11) is 0. The molecule has 3 rings (SSSR count). The Kier molecular flexibility index (Phi) is 4.40. The van der Waals surface area contributed by atoms with Crippen LogP contribution in [0.15, 0.2) is 46.3 Å². The molecule has 1 aromatic heterocycles. The Bertz CT molecular complexity index is 837. The number of aromatic nitrogens is 1. The molecule has 0 aliphatic carbocycles. The lowest BCUT2D eigenvalue weighted by molar-refractivity contribution is -0.120. The van der Waals surface area contributed by atoms with Crippen molar-refractivity contribution in [2.45, 2.75) is 16.6 Å². The van der Waals surface area contributed by atoms with E-state index in [1.807, 2.05) is 0 Å². The monoisotopic (exact) mass is 349 g/mol. The lowest BCUT2D eigenvalue weighted by Crippen LogP contribution is -2.33. The number of anilines is 2. The van der Waals surface area contributed by atoms with Gasteiger partial charge in [-0.15, -0.1) is 11.8 Å². The van der Waals surface area contributed by atoms with E-state index in [1.54, 1.807) is 18.2 Å². The van der Waals surface area contributed by atoms with Gasteiger partial charge in [-0.2, -0.15) is 0 Å². The van der Waals surface area contributed by atoms with E-state index in [4.69, 9.17) is 11.6 Å². The Morgan fingerprint density at radius 1 is 1.30 bits per heavy atom. The molecule has 1 atom stereocenters. The number of pyridine rings is 1. The number of benzene rings is 1. The van der Waals surface area contributed by atoms with Gasteiger partial charge < -0.3 is 15.6 Å². The van der Waals surface area contributed by atoms with Crippen LogP contribution in [0.5, 0.6) is 0 Å². The highest BCUT2D eigenvalue weighted by molar-refractivity contribution is 8.01. The number of rotatable bonds is 3. The van der Waals surface area contributed by atoms with Gasteiger partial charge in [-0.1, -0.05) is 11.6 Å². The van der Waals surface area contributed by atoms with Gasteiger partial charge in [0, 0.05) is 34.8 Å². The van der Waals surface area contributed by atoms with Gasteiger partial charge in [-0.3, -0.25) is 14.4 Å². The van der Waals surface area contributed by atoms with Crippen molar-refractivity contribution in [3.63, 3.8) is 0 Å². The van der Waals surface area contributed by atoms with Gasteiger partial charge in [0.25, 0.3) is 0 Å². The van der Waals surface area contributed by atoms with Gasteiger partial charge in [0.1, 0.15) is 5.69 Å². The Hall–Kier alpha value is -2.25. The molecule has 0 radical (unpaired) electrons. The van der Waals surface area contributed by atoms with Crippen LogP contribution in [0.3, 0.4) is 0 Å². The standard InChI is InChI=1S/C15H12ClN3O3S/c16-8-1-2-12-9(5-8)19-15(22)13(23-12)6-14(21)18-10-7-17-4-3-11(10)20/h1-5,7,13H,6H2,(H,17,20)(H,18,21)(H,19,22)/t13-/m0/s1. The molecule has 0 saturated carbocycles. The van der Waals surface area contributed by atoms with Crippen LogP contribution in [-0.4, -0.2) is 22.0 Å². The molecule has 8 heteroatoms. The van der Waals surface area contributed by atoms with Crippen molar-refractivity contribution in [1.82, 2.24) is 4.98 Å². The summed E-state index contributed by atoms with van der Waals surface area (Å²) in [5.41, 5.74) is 0.507. The SMILES string of the molecule is O=C(C[C@@H]1Sc2ccc(Cl)cc2NC1=O)Nc1c[nH]ccc1=O. The second kappa shape index (κ2) is 6.47. The highest BCUT2D eigenvalue weighted by atomic mass is 35.5. The van der Waals surface area contributed by atoms with Gasteiger partial charge in [-0.25, -0.2) is 0 Å². The summed E-state index contributed by atoms with van der Waals surface area (Å²) >= 11 is 7.19. The number of H-pyrrole nitrogens is 1. The van der Waals surface area contributed by atoms with Gasteiger partial charge in [-0.05, 0) is 18.2 Å². The van der Waals surface area contributed by atoms with Crippen molar-refractivity contribution in [3.05, 3.63) is 51.9 Å². The molecule has 2 heterocycles. The van der Waals surface area contributed by atoms with E-state index in [0.29, 0.717) is 10.7 Å². The molecular formula is C15H12ClN3O3S. The van der Waals surface area contributed by atoms with Crippen molar-refractivity contribution in [2.75, 3.05) is 10.6 Å². The Labute approximate surface area is 140 Å². The molecular weight excluding hydrogens is 338 g/mol. The summed E-state index contributed by atoms with van der Waals surface area (Å²) in [4.78, 5) is 39.3. The number of aromatic amines is 1. The second-order valence-corrected chi connectivity index (χ2v) is 6.59. The zero-order valence-corrected chi connectivity index (χ0v) is 13.3. The molecule has 2 aromatic rings. The average Bonchev–Trinajstić information content (AvgIpc) is 2.50. The summed E-state index contributed by atoms with van der Waals surface area (Å²) in [5.74, 6) is -0.659. The molecule has 6 nitrogen and oxygen atoms in total. The van der Waals surface area contributed by atoms with E-state index in [9.17, 15) is 14.4 Å². The Morgan fingerprint density at radius 3 is 2.91 bits per heavy atom. The fourth-order valence-corrected chi connectivity index (χ4v) is 3.40. The number of nitrogens with one attached hydrogen (secondary N) is 3. The van der Waals surface area contributed by atoms with E-state index in [1.165, 1.54) is 30.2 Å². The lowest BCUT2D eigenvalue weighted by Gasteiger charge is -2.23. The van der Waals surface area contributed by atoms with Crippen molar-refractivity contribution in [3.8, 4) is 0 Å². The molecule has 0 saturated heterocycles. The van der Waals surface area contributed by atoms with Crippen molar-refractivity contribution in [1.29, 1.82) is 0 Å². The first-order chi connectivity index (χ1) is 11.0. The van der Waals surface area contributed by atoms with Crippen LogP contribution in [0.2, 0.25) is 5.02 Å². The van der Waals surface area contributed by atoms with E-state index >= 15 is 0 Å². The topological polar surface area (TPSA) is 91.1 Å². The minimum atomic E-state index is -0.563. The van der Waals surface area contributed by atoms with Gasteiger partial charge >= 0.3 is 0 Å². The van der Waals surface area contributed by atoms with Crippen LogP contribution in [-0.2, 0) is 9.59 Å². The predicted octanol–water partition coefficient (Wildman–Crippen LogP) is 2.47. The number of carbonyl (C=O) groups is 2. The van der Waals surface area contributed by atoms with Crippen molar-refractivity contribution in [2.24, 2.45) is 0 Å². The number of carbonyl (C=O) groups excluding carboxylic acids is 2. The van der Waals surface area contributed by atoms with Crippen LogP contribution < -0.4 is 16.1 Å². The third kappa shape index (κ3) is 3.57. The largest absolute Gasteiger partial charge is 0.366 e. The Balaban J connectivity index is 1.70. The zero-order valence-electron chi connectivity index (χ0n) is 11.8. The number of thioether (sulfide) groups is 1. The molecule has 3 N–H and O–H groups in total. The predicted molar refractivity (Wildman–Crippen MR) is 90.0 cm³/mol. The maximum atomic E-state index is 12.1. The van der Waals surface area contributed by atoms with E-state index in [2.05, 4.69) is 15.6 Å².